The van der Waals surface area contributed by atoms with Crippen molar-refractivity contribution in [3.8, 4) is 0 Å². The number of nitrogens with one attached hydrogen (secondary N) is 2. The smallest absolute Gasteiger partial charge is 0.247 e. The Kier molecular flexibility index (Phi) is 6.07. The third kappa shape index (κ3) is 3.79. The largest absolute Gasteiger partial charge is 0.395 e. The summed E-state index contributed by atoms with van der Waals surface area (Å²) in [6, 6.07) is 5.03. The number of hydrogen-bond acceptors (Lipinski definition) is 4. The molecule has 3 rings (SSSR count). The van der Waals surface area contributed by atoms with Crippen LogP contribution in [0.5, 0.6) is 0 Å². The SMILES string of the molecule is CNC(=O)[C@H]1[C@@H]2C(=O)N(CCO)[C@H](C(=O)Nc3cc(C)ccc3C)[C@H]2C=C[C@H]1C. The first kappa shape index (κ1) is 21.0. The molecule has 7 heteroatoms. The van der Waals surface area contributed by atoms with Crippen LogP contribution in [0.15, 0.2) is 30.4 Å². The Morgan fingerprint density at radius 2 is 1.90 bits per heavy atom. The normalized spacial score (nSPS) is 28.2. The predicted octanol–water partition coefficient (Wildman–Crippen LogP) is 1.25. The molecule has 7 nitrogen and oxygen atoms in total. The number of β-amino-alcohol motifs (C(OH)–C–C–N with tert-alkyl or cyclic N) is 1. The molecule has 1 aromatic rings. The molecular weight excluding hydrogens is 370 g/mol. The number of nitrogens with zero attached hydrogens (tertiary/aromatic N) is 1. The Morgan fingerprint density at radius 1 is 1.17 bits per heavy atom. The molecule has 5 atom stereocenters. The van der Waals surface area contributed by atoms with Crippen molar-refractivity contribution in [2.45, 2.75) is 26.8 Å². The molecule has 0 unspecified atom stereocenters. The molecule has 1 aromatic carbocycles. The molecule has 156 valence electrons. The maximum atomic E-state index is 13.3. The van der Waals surface area contributed by atoms with Gasteiger partial charge in [-0.25, -0.2) is 0 Å². The highest BCUT2D eigenvalue weighted by molar-refractivity contribution is 6.02. The van der Waals surface area contributed by atoms with E-state index >= 15 is 0 Å². The monoisotopic (exact) mass is 399 g/mol. The number of benzene rings is 1. The van der Waals surface area contributed by atoms with Crippen molar-refractivity contribution in [3.05, 3.63) is 41.5 Å². The summed E-state index contributed by atoms with van der Waals surface area (Å²) in [6.45, 7) is 5.57. The van der Waals surface area contributed by atoms with E-state index < -0.39 is 23.8 Å². The van der Waals surface area contributed by atoms with Crippen molar-refractivity contribution in [2.24, 2.45) is 23.7 Å². The average molecular weight is 399 g/mol. The van der Waals surface area contributed by atoms with Crippen molar-refractivity contribution < 1.29 is 19.5 Å². The first-order valence-electron chi connectivity index (χ1n) is 9.99. The number of carbonyl (C=O) groups excluding carboxylic acids is 3. The summed E-state index contributed by atoms with van der Waals surface area (Å²) in [5, 5.41) is 15.1. The molecule has 0 aromatic heterocycles. The molecule has 0 bridgehead atoms. The highest BCUT2D eigenvalue weighted by Crippen LogP contribution is 2.44. The molecule has 0 spiro atoms. The Bertz CT molecular complexity index is 850. The summed E-state index contributed by atoms with van der Waals surface area (Å²) in [5.41, 5.74) is 2.64. The average Bonchev–Trinajstić information content (AvgIpc) is 2.96. The third-order valence-corrected chi connectivity index (χ3v) is 6.08. The lowest BCUT2D eigenvalue weighted by molar-refractivity contribution is -0.140. The fraction of sp³-hybridized carbons (Fsp3) is 0.500. The molecule has 1 aliphatic heterocycles. The quantitative estimate of drug-likeness (QED) is 0.649. The van der Waals surface area contributed by atoms with Crippen LogP contribution in [0.25, 0.3) is 0 Å². The Balaban J connectivity index is 1.96. The molecular formula is C22H29N3O4. The summed E-state index contributed by atoms with van der Waals surface area (Å²) in [7, 11) is 1.55. The van der Waals surface area contributed by atoms with Gasteiger partial charge in [0.25, 0.3) is 0 Å². The molecule has 1 heterocycles. The maximum absolute atomic E-state index is 13.3. The molecule has 1 saturated heterocycles. The van der Waals surface area contributed by atoms with Gasteiger partial charge >= 0.3 is 0 Å². The minimum atomic E-state index is -0.768. The van der Waals surface area contributed by atoms with Crippen LogP contribution in [0.3, 0.4) is 0 Å². The second kappa shape index (κ2) is 8.37. The van der Waals surface area contributed by atoms with Gasteiger partial charge in [-0.1, -0.05) is 31.2 Å². The van der Waals surface area contributed by atoms with E-state index in [0.717, 1.165) is 11.1 Å². The number of allylic oxidation sites excluding steroid dienone is 1. The first-order chi connectivity index (χ1) is 13.8. The molecule has 29 heavy (non-hydrogen) atoms. The van der Waals surface area contributed by atoms with E-state index in [1.807, 2.05) is 51.1 Å². The van der Waals surface area contributed by atoms with E-state index in [4.69, 9.17) is 0 Å². The van der Waals surface area contributed by atoms with Gasteiger partial charge in [-0.3, -0.25) is 14.4 Å². The molecule has 0 saturated carbocycles. The lowest BCUT2D eigenvalue weighted by Gasteiger charge is -2.32. The number of rotatable bonds is 5. The van der Waals surface area contributed by atoms with Crippen molar-refractivity contribution in [1.29, 1.82) is 0 Å². The summed E-state index contributed by atoms with van der Waals surface area (Å²) >= 11 is 0. The van der Waals surface area contributed by atoms with Crippen molar-refractivity contribution in [3.63, 3.8) is 0 Å². The van der Waals surface area contributed by atoms with Crippen LogP contribution in [0.4, 0.5) is 5.69 Å². The van der Waals surface area contributed by atoms with Crippen molar-refractivity contribution in [1.82, 2.24) is 10.2 Å². The van der Waals surface area contributed by atoms with E-state index in [2.05, 4.69) is 10.6 Å². The zero-order valence-corrected chi connectivity index (χ0v) is 17.3. The topological polar surface area (TPSA) is 98.7 Å². The predicted molar refractivity (Wildman–Crippen MR) is 110 cm³/mol. The molecule has 2 aliphatic rings. The van der Waals surface area contributed by atoms with Crippen LogP contribution in [-0.4, -0.2) is 54.0 Å². The van der Waals surface area contributed by atoms with E-state index in [9.17, 15) is 19.5 Å². The number of anilines is 1. The Labute approximate surface area is 171 Å². The molecule has 1 aliphatic carbocycles. The first-order valence-corrected chi connectivity index (χ1v) is 9.99. The number of fused-ring (bicyclic) bond motifs is 1. The van der Waals surface area contributed by atoms with Gasteiger partial charge in [0.2, 0.25) is 17.7 Å². The lowest BCUT2D eigenvalue weighted by Crippen LogP contribution is -2.45. The van der Waals surface area contributed by atoms with E-state index in [0.29, 0.717) is 5.69 Å². The minimum absolute atomic E-state index is 0.0550. The van der Waals surface area contributed by atoms with Gasteiger partial charge in [0, 0.05) is 25.2 Å². The highest BCUT2D eigenvalue weighted by atomic mass is 16.3. The van der Waals surface area contributed by atoms with Crippen LogP contribution >= 0.6 is 0 Å². The highest BCUT2D eigenvalue weighted by Gasteiger charge is 2.56. The van der Waals surface area contributed by atoms with Crippen LogP contribution < -0.4 is 10.6 Å². The lowest BCUT2D eigenvalue weighted by atomic mass is 9.70. The maximum Gasteiger partial charge on any atom is 0.247 e. The van der Waals surface area contributed by atoms with Crippen molar-refractivity contribution >= 4 is 23.4 Å². The molecule has 0 radical (unpaired) electrons. The van der Waals surface area contributed by atoms with Crippen molar-refractivity contribution in [2.75, 3.05) is 25.5 Å². The van der Waals surface area contributed by atoms with Crippen LogP contribution in [0, 0.1) is 37.5 Å². The van der Waals surface area contributed by atoms with E-state index in [1.165, 1.54) is 4.90 Å². The number of aliphatic hydroxyl groups is 1. The zero-order valence-electron chi connectivity index (χ0n) is 17.3. The Hall–Kier alpha value is -2.67. The van der Waals surface area contributed by atoms with Gasteiger partial charge in [0.15, 0.2) is 0 Å². The fourth-order valence-electron chi connectivity index (χ4n) is 4.58. The molecule has 3 N–H and O–H groups in total. The summed E-state index contributed by atoms with van der Waals surface area (Å²) in [6.07, 6.45) is 3.80. The van der Waals surface area contributed by atoms with Gasteiger partial charge in [-0.15, -0.1) is 0 Å². The van der Waals surface area contributed by atoms with Gasteiger partial charge in [-0.2, -0.15) is 0 Å². The Morgan fingerprint density at radius 3 is 2.55 bits per heavy atom. The second-order valence-corrected chi connectivity index (χ2v) is 7.99. The number of aliphatic hydroxyl groups excluding tert-OH is 1. The molecule has 3 amide bonds. The van der Waals surface area contributed by atoms with Gasteiger partial charge < -0.3 is 20.6 Å². The summed E-state index contributed by atoms with van der Waals surface area (Å²) in [4.78, 5) is 40.4. The number of aryl methyl sites for hydroxylation is 2. The second-order valence-electron chi connectivity index (χ2n) is 7.99. The van der Waals surface area contributed by atoms with E-state index in [-0.39, 0.29) is 36.8 Å². The van der Waals surface area contributed by atoms with Gasteiger partial charge in [0.05, 0.1) is 18.4 Å². The third-order valence-electron chi connectivity index (χ3n) is 6.08. The standard InChI is InChI=1S/C22H29N3O4/c1-12-5-6-13(2)16(11-12)24-21(28)19-15-8-7-14(3)17(20(27)23-4)18(15)22(29)25(19)9-10-26/h5-8,11,14-15,17-19,26H,9-10H2,1-4H3,(H,23,27)(H,24,28)/t14-,15+,17-,18-,19+/m1/s1. The van der Waals surface area contributed by atoms with Gasteiger partial charge in [-0.05, 0) is 37.0 Å². The molecule has 1 fully saturated rings. The number of carbonyl (C=O) groups is 3. The number of amides is 3. The fourth-order valence-corrected chi connectivity index (χ4v) is 4.58. The zero-order chi connectivity index (χ0) is 21.3. The number of hydrogen-bond donors (Lipinski definition) is 3. The van der Waals surface area contributed by atoms with Crippen LogP contribution in [-0.2, 0) is 14.4 Å². The van der Waals surface area contributed by atoms with Crippen LogP contribution in [0.2, 0.25) is 0 Å². The van der Waals surface area contributed by atoms with Crippen LogP contribution in [0.1, 0.15) is 18.1 Å². The minimum Gasteiger partial charge on any atom is -0.395 e. The number of likely N-dealkylation sites (tertiary alicyclic amines) is 1. The summed E-state index contributed by atoms with van der Waals surface area (Å²) < 4.78 is 0. The van der Waals surface area contributed by atoms with Gasteiger partial charge in [0.1, 0.15) is 6.04 Å². The van der Waals surface area contributed by atoms with E-state index in [1.54, 1.807) is 7.05 Å². The summed E-state index contributed by atoms with van der Waals surface area (Å²) in [5.74, 6) is -2.45.